The summed E-state index contributed by atoms with van der Waals surface area (Å²) in [5, 5.41) is 9.24. The second-order valence-electron chi connectivity index (χ2n) is 10.0. The number of rotatable bonds is 9. The number of carboxylic acid groups (broad SMARTS) is 1. The number of ether oxygens (including phenoxy) is 3. The molecule has 0 unspecified atom stereocenters. The van der Waals surface area contributed by atoms with Crippen LogP contribution in [0.5, 0.6) is 17.2 Å². The van der Waals surface area contributed by atoms with Crippen LogP contribution in [0.25, 0.3) is 11.1 Å². The highest BCUT2D eigenvalue weighted by Crippen LogP contribution is 2.39. The Labute approximate surface area is 217 Å². The number of benzene rings is 3. The van der Waals surface area contributed by atoms with E-state index in [0.717, 1.165) is 49.7 Å². The first-order chi connectivity index (χ1) is 18.0. The Balaban J connectivity index is 1.39. The van der Waals surface area contributed by atoms with E-state index in [1.807, 2.05) is 36.4 Å². The molecule has 1 atom stereocenters. The van der Waals surface area contributed by atoms with E-state index in [9.17, 15) is 14.3 Å². The van der Waals surface area contributed by atoms with Crippen LogP contribution in [-0.2, 0) is 17.8 Å². The quantitative estimate of drug-likeness (QED) is 0.331. The van der Waals surface area contributed by atoms with Gasteiger partial charge in [-0.2, -0.15) is 0 Å². The molecular weight excluding hydrogens is 471 g/mol. The van der Waals surface area contributed by atoms with Crippen LogP contribution in [0.15, 0.2) is 54.6 Å². The molecule has 6 heteroatoms. The van der Waals surface area contributed by atoms with E-state index in [1.165, 1.54) is 18.1 Å². The number of aliphatic carboxylic acids is 1. The van der Waals surface area contributed by atoms with Gasteiger partial charge in [-0.3, -0.25) is 4.79 Å². The first-order valence-corrected chi connectivity index (χ1v) is 13.1. The average molecular weight is 505 g/mol. The summed E-state index contributed by atoms with van der Waals surface area (Å²) in [6.07, 6.45) is 7.49. The third-order valence-electron chi connectivity index (χ3n) is 7.50. The van der Waals surface area contributed by atoms with Gasteiger partial charge in [-0.15, -0.1) is 0 Å². The van der Waals surface area contributed by atoms with Crippen LogP contribution in [0, 0.1) is 5.82 Å². The maximum atomic E-state index is 14.9. The first-order valence-electron chi connectivity index (χ1n) is 13.1. The van der Waals surface area contributed by atoms with Crippen molar-refractivity contribution in [3.63, 3.8) is 0 Å². The summed E-state index contributed by atoms with van der Waals surface area (Å²) in [4.78, 5) is 11.2. The number of hydrogen-bond donors (Lipinski definition) is 1. The smallest absolute Gasteiger partial charge is 0.303 e. The van der Waals surface area contributed by atoms with Gasteiger partial charge in [0.1, 0.15) is 29.7 Å². The van der Waals surface area contributed by atoms with Crippen molar-refractivity contribution < 1.29 is 28.5 Å². The van der Waals surface area contributed by atoms with Gasteiger partial charge in [0.2, 0.25) is 0 Å². The molecule has 5 rings (SSSR count). The zero-order valence-electron chi connectivity index (χ0n) is 21.2. The molecule has 0 bridgehead atoms. The summed E-state index contributed by atoms with van der Waals surface area (Å²) in [5.74, 6) is 0.882. The predicted octanol–water partition coefficient (Wildman–Crippen LogP) is 7.30. The zero-order chi connectivity index (χ0) is 25.8. The van der Waals surface area contributed by atoms with Crippen molar-refractivity contribution in [3.8, 4) is 28.4 Å². The second-order valence-corrected chi connectivity index (χ2v) is 10.0. The van der Waals surface area contributed by atoms with Gasteiger partial charge in [0.25, 0.3) is 0 Å². The highest BCUT2D eigenvalue weighted by Gasteiger charge is 2.25. The Kier molecular flexibility index (Phi) is 7.63. The molecular formula is C31H33FO5. The fraction of sp³-hybridized carbons (Fsp3) is 0.387. The standard InChI is InChI=1S/C31H33FO5/c1-35-24-12-14-29(32)28(17-24)26-13-7-20(15-30(26)37-23-5-3-2-4-6-23)19-36-25-11-10-21-8-9-22(16-31(33)34)27(21)18-25/h7,10-15,17-18,22-23H,2-6,8-9,16,19H2,1H3,(H,33,34)/t22-/m1/s1. The number of fused-ring (bicyclic) bond motifs is 1. The lowest BCUT2D eigenvalue weighted by molar-refractivity contribution is -0.137. The minimum Gasteiger partial charge on any atom is -0.497 e. The van der Waals surface area contributed by atoms with Crippen molar-refractivity contribution in [2.75, 3.05) is 7.11 Å². The minimum atomic E-state index is -0.776. The number of carbonyl (C=O) groups is 1. The predicted molar refractivity (Wildman–Crippen MR) is 140 cm³/mol. The molecule has 3 aromatic carbocycles. The van der Waals surface area contributed by atoms with Gasteiger partial charge in [0, 0.05) is 11.1 Å². The molecule has 0 aliphatic heterocycles. The number of carboxylic acids is 1. The van der Waals surface area contributed by atoms with E-state index >= 15 is 0 Å². The second kappa shape index (κ2) is 11.2. The molecule has 1 fully saturated rings. The molecule has 194 valence electrons. The molecule has 0 aromatic heterocycles. The van der Waals surface area contributed by atoms with Crippen molar-refractivity contribution in [1.29, 1.82) is 0 Å². The maximum Gasteiger partial charge on any atom is 0.303 e. The highest BCUT2D eigenvalue weighted by molar-refractivity contribution is 5.73. The number of aryl methyl sites for hydroxylation is 1. The third-order valence-corrected chi connectivity index (χ3v) is 7.50. The van der Waals surface area contributed by atoms with Gasteiger partial charge in [0.15, 0.2) is 0 Å². The molecule has 1 saturated carbocycles. The van der Waals surface area contributed by atoms with E-state index in [0.29, 0.717) is 35.0 Å². The Morgan fingerprint density at radius 2 is 1.76 bits per heavy atom. The molecule has 37 heavy (non-hydrogen) atoms. The Bertz CT molecular complexity index is 1260. The van der Waals surface area contributed by atoms with E-state index in [1.54, 1.807) is 19.2 Å². The summed E-state index contributed by atoms with van der Waals surface area (Å²) >= 11 is 0. The molecule has 3 aromatic rings. The van der Waals surface area contributed by atoms with Crippen LogP contribution in [0.2, 0.25) is 0 Å². The summed E-state index contributed by atoms with van der Waals surface area (Å²) in [6, 6.07) is 16.5. The molecule has 2 aliphatic rings. The topological polar surface area (TPSA) is 65.0 Å². The molecule has 0 saturated heterocycles. The Hall–Kier alpha value is -3.54. The van der Waals surface area contributed by atoms with Gasteiger partial charge in [-0.25, -0.2) is 4.39 Å². The van der Waals surface area contributed by atoms with Gasteiger partial charge in [0.05, 0.1) is 19.6 Å². The van der Waals surface area contributed by atoms with Crippen LogP contribution < -0.4 is 14.2 Å². The largest absolute Gasteiger partial charge is 0.497 e. The fourth-order valence-electron chi connectivity index (χ4n) is 5.52. The highest BCUT2D eigenvalue weighted by atomic mass is 19.1. The number of halogens is 1. The monoisotopic (exact) mass is 504 g/mol. The summed E-state index contributed by atoms with van der Waals surface area (Å²) < 4.78 is 32.8. The Morgan fingerprint density at radius 1 is 0.946 bits per heavy atom. The van der Waals surface area contributed by atoms with Crippen molar-refractivity contribution >= 4 is 5.97 Å². The van der Waals surface area contributed by atoms with E-state index in [4.69, 9.17) is 14.2 Å². The molecule has 0 radical (unpaired) electrons. The molecule has 1 N–H and O–H groups in total. The van der Waals surface area contributed by atoms with Crippen LogP contribution in [0.4, 0.5) is 4.39 Å². The summed E-state index contributed by atoms with van der Waals surface area (Å²) in [5.41, 5.74) is 4.33. The molecule has 0 spiro atoms. The van der Waals surface area contributed by atoms with Crippen LogP contribution >= 0.6 is 0 Å². The van der Waals surface area contributed by atoms with Crippen LogP contribution in [-0.4, -0.2) is 24.3 Å². The third kappa shape index (κ3) is 5.90. The first kappa shape index (κ1) is 25.1. The molecule has 0 amide bonds. The van der Waals surface area contributed by atoms with Gasteiger partial charge >= 0.3 is 5.97 Å². The van der Waals surface area contributed by atoms with Crippen molar-refractivity contribution in [2.45, 2.75) is 70.0 Å². The van der Waals surface area contributed by atoms with Gasteiger partial charge < -0.3 is 19.3 Å². The maximum absolute atomic E-state index is 14.9. The zero-order valence-corrected chi connectivity index (χ0v) is 21.2. The van der Waals surface area contributed by atoms with Crippen molar-refractivity contribution in [2.24, 2.45) is 0 Å². The lowest BCUT2D eigenvalue weighted by Gasteiger charge is -2.25. The van der Waals surface area contributed by atoms with Gasteiger partial charge in [-0.05, 0) is 97.5 Å². The molecule has 5 nitrogen and oxygen atoms in total. The van der Waals surface area contributed by atoms with E-state index in [2.05, 4.69) is 0 Å². The normalized spacial score (nSPS) is 17.3. The van der Waals surface area contributed by atoms with Gasteiger partial charge in [-0.1, -0.05) is 24.6 Å². The van der Waals surface area contributed by atoms with Crippen LogP contribution in [0.1, 0.15) is 67.6 Å². The molecule has 0 heterocycles. The van der Waals surface area contributed by atoms with Crippen molar-refractivity contribution in [3.05, 3.63) is 77.1 Å². The average Bonchev–Trinajstić information content (AvgIpc) is 3.30. The van der Waals surface area contributed by atoms with E-state index < -0.39 is 5.97 Å². The lowest BCUT2D eigenvalue weighted by Crippen LogP contribution is -2.20. The number of hydrogen-bond acceptors (Lipinski definition) is 4. The fourth-order valence-corrected chi connectivity index (χ4v) is 5.52. The summed E-state index contributed by atoms with van der Waals surface area (Å²) in [6.45, 7) is 0.324. The van der Waals surface area contributed by atoms with E-state index in [-0.39, 0.29) is 24.3 Å². The minimum absolute atomic E-state index is 0.0311. The number of methoxy groups -OCH3 is 1. The van der Waals surface area contributed by atoms with Crippen LogP contribution in [0.3, 0.4) is 0 Å². The molecule has 2 aliphatic carbocycles. The Morgan fingerprint density at radius 3 is 2.54 bits per heavy atom. The lowest BCUT2D eigenvalue weighted by atomic mass is 9.97. The van der Waals surface area contributed by atoms with Crippen molar-refractivity contribution in [1.82, 2.24) is 0 Å². The SMILES string of the molecule is COc1ccc(F)c(-c2ccc(COc3ccc4c(c3)[C@@H](CC(=O)O)CC4)cc2OC2CCCCC2)c1. The summed E-state index contributed by atoms with van der Waals surface area (Å²) in [7, 11) is 1.57.